The third-order valence-electron chi connectivity index (χ3n) is 6.48. The summed E-state index contributed by atoms with van der Waals surface area (Å²) < 4.78 is 20.3. The summed E-state index contributed by atoms with van der Waals surface area (Å²) in [5.74, 6) is 0. The molecule has 0 spiro atoms. The van der Waals surface area contributed by atoms with Crippen LogP contribution in [0.2, 0.25) is 0 Å². The standard InChI is InChI=1S/C26H29BBrO3/c1-24(2)25(3,4)30-27(20-28,29-24)31-26(21-14-8-5-9-15-21,22-16-10-6-11-17-22)23-18-12-7-13-19-23/h5-19H,20H2,1-4H3/q-1. The van der Waals surface area contributed by atoms with E-state index in [2.05, 4.69) is 80.0 Å². The van der Waals surface area contributed by atoms with Crippen molar-refractivity contribution in [3.05, 3.63) is 108 Å². The minimum atomic E-state index is -2.12. The maximum absolute atomic E-state index is 7.14. The molecule has 1 aliphatic rings. The van der Waals surface area contributed by atoms with Crippen LogP contribution in [0.5, 0.6) is 0 Å². The number of hydrogen-bond donors (Lipinski definition) is 0. The van der Waals surface area contributed by atoms with E-state index in [4.69, 9.17) is 14.0 Å². The fourth-order valence-electron chi connectivity index (χ4n) is 4.34. The van der Waals surface area contributed by atoms with E-state index in [1.165, 1.54) is 0 Å². The van der Waals surface area contributed by atoms with Gasteiger partial charge in [0.2, 0.25) is 0 Å². The van der Waals surface area contributed by atoms with E-state index in [1.807, 2.05) is 54.6 Å². The minimum absolute atomic E-state index is 0.425. The summed E-state index contributed by atoms with van der Waals surface area (Å²) in [5.41, 5.74) is 1.11. The number of hydrogen-bond acceptors (Lipinski definition) is 3. The predicted octanol–water partition coefficient (Wildman–Crippen LogP) is 6.47. The summed E-state index contributed by atoms with van der Waals surface area (Å²) in [6.07, 6.45) is 0. The van der Waals surface area contributed by atoms with Crippen molar-refractivity contribution in [3.63, 3.8) is 0 Å². The van der Waals surface area contributed by atoms with Crippen molar-refractivity contribution in [2.45, 2.75) is 44.5 Å². The van der Waals surface area contributed by atoms with E-state index in [1.54, 1.807) is 0 Å². The minimum Gasteiger partial charge on any atom is -0.538 e. The van der Waals surface area contributed by atoms with Gasteiger partial charge in [0, 0.05) is 11.2 Å². The molecule has 4 rings (SSSR count). The van der Waals surface area contributed by atoms with Crippen molar-refractivity contribution in [1.82, 2.24) is 0 Å². The van der Waals surface area contributed by atoms with Gasteiger partial charge in [0.05, 0.1) is 0 Å². The van der Waals surface area contributed by atoms with Crippen LogP contribution < -0.4 is 0 Å². The molecule has 1 heterocycles. The van der Waals surface area contributed by atoms with Crippen molar-refractivity contribution < 1.29 is 14.0 Å². The second-order valence-electron chi connectivity index (χ2n) is 9.10. The first-order valence-electron chi connectivity index (χ1n) is 10.7. The monoisotopic (exact) mass is 479 g/mol. The lowest BCUT2D eigenvalue weighted by Crippen LogP contribution is -2.52. The number of rotatable bonds is 6. The summed E-state index contributed by atoms with van der Waals surface area (Å²) in [7, 11) is 0. The molecule has 0 aromatic heterocycles. The van der Waals surface area contributed by atoms with Crippen LogP contribution in [0.1, 0.15) is 44.4 Å². The number of benzene rings is 3. The highest BCUT2D eigenvalue weighted by atomic mass is 79.9. The highest BCUT2D eigenvalue weighted by Gasteiger charge is 2.55. The summed E-state index contributed by atoms with van der Waals surface area (Å²) >= 11 is 3.66. The fraction of sp³-hybridized carbons (Fsp3) is 0.308. The van der Waals surface area contributed by atoms with E-state index < -0.39 is 23.6 Å². The maximum atomic E-state index is 7.14. The highest BCUT2D eigenvalue weighted by Crippen LogP contribution is 2.49. The first kappa shape index (κ1) is 22.3. The Morgan fingerprint density at radius 2 is 1.00 bits per heavy atom. The molecular formula is C26H29BBrO3-. The van der Waals surface area contributed by atoms with Crippen LogP contribution in [0, 0.1) is 0 Å². The fourth-order valence-corrected chi connectivity index (χ4v) is 4.74. The van der Waals surface area contributed by atoms with Crippen molar-refractivity contribution >= 4 is 22.7 Å². The SMILES string of the molecule is CC1(C)O[B-](CBr)(OC(c2ccccc2)(c2ccccc2)c2ccccc2)OC1(C)C. The van der Waals surface area contributed by atoms with Crippen molar-refractivity contribution in [3.8, 4) is 0 Å². The zero-order valence-corrected chi connectivity index (χ0v) is 20.1. The molecule has 0 aliphatic carbocycles. The Morgan fingerprint density at radius 1 is 0.677 bits per heavy atom. The Kier molecular flexibility index (Phi) is 5.90. The molecule has 1 aliphatic heterocycles. The molecule has 0 amide bonds. The van der Waals surface area contributed by atoms with E-state index >= 15 is 0 Å². The third-order valence-corrected chi connectivity index (χ3v) is 7.28. The summed E-state index contributed by atoms with van der Waals surface area (Å²) in [5, 5.41) is 0.425. The Morgan fingerprint density at radius 3 is 1.29 bits per heavy atom. The van der Waals surface area contributed by atoms with Crippen LogP contribution in [-0.2, 0) is 19.6 Å². The molecule has 162 valence electrons. The van der Waals surface area contributed by atoms with Gasteiger partial charge in [0.1, 0.15) is 5.60 Å². The van der Waals surface area contributed by atoms with E-state index in [9.17, 15) is 0 Å². The molecule has 0 radical (unpaired) electrons. The van der Waals surface area contributed by atoms with E-state index in [0.29, 0.717) is 5.23 Å². The first-order valence-corrected chi connectivity index (χ1v) is 11.8. The highest BCUT2D eigenvalue weighted by molar-refractivity contribution is 9.09. The Balaban J connectivity index is 1.97. The lowest BCUT2D eigenvalue weighted by atomic mass is 9.74. The zero-order valence-electron chi connectivity index (χ0n) is 18.5. The lowest BCUT2D eigenvalue weighted by molar-refractivity contribution is 0.00578. The van der Waals surface area contributed by atoms with Crippen molar-refractivity contribution in [1.29, 1.82) is 0 Å². The average Bonchev–Trinajstić information content (AvgIpc) is 2.97. The molecule has 0 atom stereocenters. The third kappa shape index (κ3) is 3.89. The molecule has 3 nitrogen and oxygen atoms in total. The topological polar surface area (TPSA) is 27.7 Å². The van der Waals surface area contributed by atoms with Crippen LogP contribution in [0.15, 0.2) is 91.0 Å². The number of alkyl halides is 1. The molecule has 0 saturated carbocycles. The molecular weight excluding hydrogens is 451 g/mol. The van der Waals surface area contributed by atoms with Gasteiger partial charge in [0.25, 0.3) is 0 Å². The van der Waals surface area contributed by atoms with Crippen LogP contribution in [0.25, 0.3) is 0 Å². The van der Waals surface area contributed by atoms with Gasteiger partial charge in [-0.1, -0.05) is 91.0 Å². The van der Waals surface area contributed by atoms with Gasteiger partial charge in [0.15, 0.2) is 0 Å². The van der Waals surface area contributed by atoms with Crippen LogP contribution in [0.3, 0.4) is 0 Å². The van der Waals surface area contributed by atoms with Crippen LogP contribution in [-0.4, -0.2) is 23.2 Å². The molecule has 3 aromatic rings. The molecule has 0 bridgehead atoms. The zero-order chi connectivity index (χ0) is 22.2. The Bertz CT molecular complexity index is 894. The lowest BCUT2D eigenvalue weighted by Gasteiger charge is -2.48. The second kappa shape index (κ2) is 8.21. The first-order chi connectivity index (χ1) is 14.7. The predicted molar refractivity (Wildman–Crippen MR) is 130 cm³/mol. The van der Waals surface area contributed by atoms with Crippen molar-refractivity contribution in [2.24, 2.45) is 0 Å². The summed E-state index contributed by atoms with van der Waals surface area (Å²) in [6, 6.07) is 30.9. The summed E-state index contributed by atoms with van der Waals surface area (Å²) in [4.78, 5) is 0. The van der Waals surface area contributed by atoms with Gasteiger partial charge in [-0.25, -0.2) is 0 Å². The molecule has 31 heavy (non-hydrogen) atoms. The average molecular weight is 480 g/mol. The van der Waals surface area contributed by atoms with Gasteiger partial charge in [-0.3, -0.25) is 0 Å². The molecule has 3 aromatic carbocycles. The number of halogens is 1. The molecule has 0 unspecified atom stereocenters. The molecule has 1 saturated heterocycles. The Labute approximate surface area is 193 Å². The van der Waals surface area contributed by atoms with Crippen LogP contribution in [0.4, 0.5) is 0 Å². The molecule has 0 N–H and O–H groups in total. The molecule has 5 heteroatoms. The van der Waals surface area contributed by atoms with Crippen molar-refractivity contribution in [2.75, 3.05) is 5.23 Å². The van der Waals surface area contributed by atoms with Gasteiger partial charge in [-0.15, -0.1) is 15.9 Å². The van der Waals surface area contributed by atoms with Gasteiger partial charge in [-0.05, 0) is 49.6 Å². The molecule has 1 fully saturated rings. The summed E-state index contributed by atoms with van der Waals surface area (Å²) in [6.45, 7) is 6.09. The van der Waals surface area contributed by atoms with Gasteiger partial charge >= 0.3 is 6.75 Å². The maximum Gasteiger partial charge on any atom is 0.391 e. The quantitative estimate of drug-likeness (QED) is 0.230. The second-order valence-corrected chi connectivity index (χ2v) is 9.74. The largest absolute Gasteiger partial charge is 0.538 e. The van der Waals surface area contributed by atoms with E-state index in [0.717, 1.165) is 16.7 Å². The van der Waals surface area contributed by atoms with E-state index in [-0.39, 0.29) is 0 Å². The van der Waals surface area contributed by atoms with Crippen LogP contribution >= 0.6 is 15.9 Å². The Hall–Kier alpha value is -1.92. The normalized spacial score (nSPS) is 19.3. The van der Waals surface area contributed by atoms with Gasteiger partial charge in [-0.2, -0.15) is 0 Å². The van der Waals surface area contributed by atoms with Gasteiger partial charge < -0.3 is 14.0 Å². The smallest absolute Gasteiger partial charge is 0.391 e.